The number of aliphatic hydroxyl groups excluding tert-OH is 1. The summed E-state index contributed by atoms with van der Waals surface area (Å²) in [5, 5.41) is 13.6. The molecule has 4 rings (SSSR count). The number of rotatable bonds is 8. The molecule has 0 saturated carbocycles. The molecule has 0 fully saturated rings. The number of Topliss-reactive ketones (excluding diaryl/α,β-unsaturated/α-hetero) is 1. The van der Waals surface area contributed by atoms with Gasteiger partial charge >= 0.3 is 0 Å². The van der Waals surface area contributed by atoms with Crippen molar-refractivity contribution in [3.05, 3.63) is 64.9 Å². The molecule has 0 amide bonds. The first-order valence-corrected chi connectivity index (χ1v) is 10.1. The Morgan fingerprint density at radius 1 is 1.09 bits per heavy atom. The summed E-state index contributed by atoms with van der Waals surface area (Å²) in [5.41, 5.74) is 0.555. The SMILES string of the molecule is COC1=C(O)c2oc(Nc3cccnc3)c(C(=O)c3cc(OC)c(OC)c(OC)c3)c2C(=O)C1. The number of benzene rings is 1. The lowest BCUT2D eigenvalue weighted by atomic mass is 9.92. The Morgan fingerprint density at radius 2 is 1.79 bits per heavy atom. The molecule has 3 aromatic rings. The second-order valence-corrected chi connectivity index (χ2v) is 7.20. The molecular formula is C24H22N2O8. The van der Waals surface area contributed by atoms with E-state index in [1.807, 2.05) is 0 Å². The zero-order chi connectivity index (χ0) is 24.4. The first kappa shape index (κ1) is 22.7. The maximum atomic E-state index is 13.8. The fourth-order valence-electron chi connectivity index (χ4n) is 3.71. The Bertz CT molecular complexity index is 1270. The number of anilines is 2. The van der Waals surface area contributed by atoms with Crippen molar-refractivity contribution in [3.63, 3.8) is 0 Å². The topological polar surface area (TPSA) is 129 Å². The highest BCUT2D eigenvalue weighted by Gasteiger charge is 2.38. The molecule has 0 radical (unpaired) electrons. The highest BCUT2D eigenvalue weighted by Crippen LogP contribution is 2.43. The Labute approximate surface area is 194 Å². The summed E-state index contributed by atoms with van der Waals surface area (Å²) in [6.45, 7) is 0. The predicted octanol–water partition coefficient (Wildman–Crippen LogP) is 4.13. The quantitative estimate of drug-likeness (QED) is 0.467. The van der Waals surface area contributed by atoms with Crippen LogP contribution in [-0.4, -0.2) is 50.1 Å². The molecule has 0 spiro atoms. The molecule has 0 bridgehead atoms. The molecule has 1 aliphatic carbocycles. The van der Waals surface area contributed by atoms with Gasteiger partial charge in [0.05, 0.1) is 57.9 Å². The van der Waals surface area contributed by atoms with E-state index >= 15 is 0 Å². The largest absolute Gasteiger partial charge is 0.502 e. The molecule has 176 valence electrons. The van der Waals surface area contributed by atoms with Crippen LogP contribution in [0.3, 0.4) is 0 Å². The minimum Gasteiger partial charge on any atom is -0.502 e. The van der Waals surface area contributed by atoms with Gasteiger partial charge in [0.25, 0.3) is 0 Å². The highest BCUT2D eigenvalue weighted by atomic mass is 16.5. The van der Waals surface area contributed by atoms with Gasteiger partial charge in [-0.3, -0.25) is 14.6 Å². The summed E-state index contributed by atoms with van der Waals surface area (Å²) in [7, 11) is 5.65. The number of fused-ring (bicyclic) bond motifs is 1. The van der Waals surface area contributed by atoms with E-state index in [1.54, 1.807) is 18.3 Å². The Morgan fingerprint density at radius 3 is 2.35 bits per heavy atom. The minimum absolute atomic E-state index is 0.0333. The molecule has 2 heterocycles. The summed E-state index contributed by atoms with van der Waals surface area (Å²) < 4.78 is 27.0. The average Bonchev–Trinajstić information content (AvgIpc) is 3.25. The van der Waals surface area contributed by atoms with Crippen LogP contribution in [-0.2, 0) is 4.74 Å². The molecule has 2 N–H and O–H groups in total. The summed E-state index contributed by atoms with van der Waals surface area (Å²) >= 11 is 0. The Balaban J connectivity index is 1.93. The van der Waals surface area contributed by atoms with Gasteiger partial charge in [0.2, 0.25) is 11.6 Å². The number of nitrogens with zero attached hydrogens (tertiary/aromatic N) is 1. The molecule has 0 aliphatic heterocycles. The van der Waals surface area contributed by atoms with E-state index in [0.717, 1.165) is 0 Å². The number of allylic oxidation sites excluding steroid dienone is 1. The third-order valence-electron chi connectivity index (χ3n) is 5.31. The Hall–Kier alpha value is -4.47. The summed E-state index contributed by atoms with van der Waals surface area (Å²) in [4.78, 5) is 30.8. The number of aromatic nitrogens is 1. The van der Waals surface area contributed by atoms with Crippen LogP contribution in [0.4, 0.5) is 11.6 Å². The van der Waals surface area contributed by atoms with Crippen molar-refractivity contribution in [2.75, 3.05) is 33.8 Å². The van der Waals surface area contributed by atoms with E-state index in [4.69, 9.17) is 23.4 Å². The fourth-order valence-corrected chi connectivity index (χ4v) is 3.71. The van der Waals surface area contributed by atoms with E-state index in [0.29, 0.717) is 11.4 Å². The first-order valence-electron chi connectivity index (χ1n) is 10.1. The number of carbonyl (C=O) groups excluding carboxylic acids is 2. The number of methoxy groups -OCH3 is 4. The van der Waals surface area contributed by atoms with Gasteiger partial charge in [-0.1, -0.05) is 0 Å². The van der Waals surface area contributed by atoms with Crippen LogP contribution < -0.4 is 19.5 Å². The number of ketones is 2. The van der Waals surface area contributed by atoms with Crippen LogP contribution in [0.15, 0.2) is 46.8 Å². The third-order valence-corrected chi connectivity index (χ3v) is 5.31. The van der Waals surface area contributed by atoms with Crippen LogP contribution in [0.5, 0.6) is 17.2 Å². The maximum absolute atomic E-state index is 13.8. The van der Waals surface area contributed by atoms with Crippen molar-refractivity contribution < 1.29 is 38.1 Å². The number of furan rings is 1. The van der Waals surface area contributed by atoms with Crippen LogP contribution in [0, 0.1) is 0 Å². The lowest BCUT2D eigenvalue weighted by molar-refractivity contribution is 0.0951. The minimum atomic E-state index is -0.558. The normalized spacial score (nSPS) is 12.8. The van der Waals surface area contributed by atoms with Crippen molar-refractivity contribution in [2.45, 2.75) is 6.42 Å². The molecule has 10 heteroatoms. The van der Waals surface area contributed by atoms with Crippen molar-refractivity contribution >= 4 is 28.9 Å². The molecule has 10 nitrogen and oxygen atoms in total. The number of aliphatic hydroxyl groups is 1. The van der Waals surface area contributed by atoms with Gasteiger partial charge in [0.1, 0.15) is 5.76 Å². The van der Waals surface area contributed by atoms with Gasteiger partial charge in [-0.2, -0.15) is 0 Å². The maximum Gasteiger partial charge on any atom is 0.210 e. The van der Waals surface area contributed by atoms with E-state index in [1.165, 1.54) is 46.8 Å². The van der Waals surface area contributed by atoms with E-state index < -0.39 is 11.6 Å². The fraction of sp³-hybridized carbons (Fsp3) is 0.208. The number of carbonyl (C=O) groups is 2. The van der Waals surface area contributed by atoms with Crippen LogP contribution in [0.2, 0.25) is 0 Å². The highest BCUT2D eigenvalue weighted by molar-refractivity contribution is 6.21. The monoisotopic (exact) mass is 466 g/mol. The predicted molar refractivity (Wildman–Crippen MR) is 121 cm³/mol. The van der Waals surface area contributed by atoms with Gasteiger partial charge in [-0.05, 0) is 24.3 Å². The average molecular weight is 466 g/mol. The lowest BCUT2D eigenvalue weighted by Gasteiger charge is -2.15. The van der Waals surface area contributed by atoms with Gasteiger partial charge in [-0.15, -0.1) is 0 Å². The van der Waals surface area contributed by atoms with Crippen LogP contribution >= 0.6 is 0 Å². The molecular weight excluding hydrogens is 444 g/mol. The number of hydrogen-bond acceptors (Lipinski definition) is 10. The standard InChI is InChI=1S/C24H22N2O8/c1-30-15-10-14(27)18-19(20(28)12-8-16(31-2)22(33-4)17(9-12)32-3)24(34-23(18)21(15)29)26-13-6-5-7-25-11-13/h5-9,11,26,29H,10H2,1-4H3. The van der Waals surface area contributed by atoms with Gasteiger partial charge in [0, 0.05) is 11.8 Å². The first-order chi connectivity index (χ1) is 16.4. The number of ether oxygens (including phenoxy) is 4. The van der Waals surface area contributed by atoms with Crippen molar-refractivity contribution in [1.29, 1.82) is 0 Å². The molecule has 1 aliphatic rings. The van der Waals surface area contributed by atoms with Crippen LogP contribution in [0.1, 0.15) is 38.5 Å². The molecule has 1 aromatic carbocycles. The zero-order valence-electron chi connectivity index (χ0n) is 18.9. The van der Waals surface area contributed by atoms with Gasteiger partial charge in [-0.25, -0.2) is 0 Å². The number of hydrogen-bond donors (Lipinski definition) is 2. The van der Waals surface area contributed by atoms with E-state index in [2.05, 4.69) is 10.3 Å². The summed E-state index contributed by atoms with van der Waals surface area (Å²) in [5.74, 6) is -0.655. The number of pyridine rings is 1. The van der Waals surface area contributed by atoms with Crippen LogP contribution in [0.25, 0.3) is 5.76 Å². The second kappa shape index (κ2) is 9.18. The summed E-state index contributed by atoms with van der Waals surface area (Å²) in [6, 6.07) is 6.35. The molecule has 0 saturated heterocycles. The van der Waals surface area contributed by atoms with Gasteiger partial charge < -0.3 is 33.8 Å². The molecule has 0 atom stereocenters. The molecule has 34 heavy (non-hydrogen) atoms. The van der Waals surface area contributed by atoms with Crippen molar-refractivity contribution in [2.24, 2.45) is 0 Å². The summed E-state index contributed by atoms with van der Waals surface area (Å²) in [6.07, 6.45) is 2.88. The second-order valence-electron chi connectivity index (χ2n) is 7.20. The third kappa shape index (κ3) is 3.79. The Kier molecular flexibility index (Phi) is 6.13. The lowest BCUT2D eigenvalue weighted by Crippen LogP contribution is -2.16. The molecule has 0 unspecified atom stereocenters. The number of nitrogens with one attached hydrogen (secondary N) is 1. The van der Waals surface area contributed by atoms with Gasteiger partial charge in [0.15, 0.2) is 34.6 Å². The van der Waals surface area contributed by atoms with E-state index in [-0.39, 0.29) is 57.8 Å². The molecule has 2 aromatic heterocycles. The van der Waals surface area contributed by atoms with Crippen molar-refractivity contribution in [1.82, 2.24) is 4.98 Å². The zero-order valence-corrected chi connectivity index (χ0v) is 18.9. The van der Waals surface area contributed by atoms with E-state index in [9.17, 15) is 14.7 Å². The smallest absolute Gasteiger partial charge is 0.210 e. The van der Waals surface area contributed by atoms with Crippen molar-refractivity contribution in [3.8, 4) is 17.2 Å².